The minimum absolute atomic E-state index is 0.103. The van der Waals surface area contributed by atoms with Crippen LogP contribution in [0.15, 0.2) is 30.3 Å². The van der Waals surface area contributed by atoms with E-state index in [-0.39, 0.29) is 12.5 Å². The highest BCUT2D eigenvalue weighted by molar-refractivity contribution is 7.14. The van der Waals surface area contributed by atoms with E-state index >= 15 is 0 Å². The van der Waals surface area contributed by atoms with Gasteiger partial charge in [-0.1, -0.05) is 18.6 Å². The quantitative estimate of drug-likeness (QED) is 0.628. The van der Waals surface area contributed by atoms with E-state index in [0.29, 0.717) is 16.4 Å². The molecule has 2 amide bonds. The molecule has 0 radical (unpaired) electrons. The first-order chi connectivity index (χ1) is 12.7. The Bertz CT molecular complexity index is 809. The highest BCUT2D eigenvalue weighted by Gasteiger charge is 2.27. The molecule has 2 aromatic rings. The molecule has 1 aliphatic carbocycles. The lowest BCUT2D eigenvalue weighted by atomic mass is 10.1. The van der Waals surface area contributed by atoms with Crippen LogP contribution in [0, 0.1) is 0 Å². The van der Waals surface area contributed by atoms with E-state index in [1.54, 1.807) is 12.1 Å². The molecule has 1 aliphatic heterocycles. The van der Waals surface area contributed by atoms with Crippen molar-refractivity contribution >= 4 is 23.2 Å². The van der Waals surface area contributed by atoms with Crippen molar-refractivity contribution in [2.75, 3.05) is 6.61 Å². The summed E-state index contributed by atoms with van der Waals surface area (Å²) < 4.78 is 11.1. The van der Waals surface area contributed by atoms with Crippen molar-refractivity contribution in [3.8, 4) is 11.5 Å². The predicted molar refractivity (Wildman–Crippen MR) is 97.5 cm³/mol. The Morgan fingerprint density at radius 2 is 1.85 bits per heavy atom. The third-order valence-corrected chi connectivity index (χ3v) is 5.81. The molecule has 0 saturated heterocycles. The first-order valence-corrected chi connectivity index (χ1v) is 9.62. The number of nitrogens with one attached hydrogen (secondary N) is 2. The van der Waals surface area contributed by atoms with Crippen LogP contribution in [-0.2, 0) is 17.6 Å². The summed E-state index contributed by atoms with van der Waals surface area (Å²) in [5.74, 6) is 0.396. The highest BCUT2D eigenvalue weighted by atomic mass is 32.1. The van der Waals surface area contributed by atoms with Crippen LogP contribution in [0.4, 0.5) is 0 Å². The van der Waals surface area contributed by atoms with Gasteiger partial charge in [0.15, 0.2) is 11.5 Å². The van der Waals surface area contributed by atoms with Crippen molar-refractivity contribution in [1.29, 1.82) is 0 Å². The van der Waals surface area contributed by atoms with Gasteiger partial charge in [0.05, 0.1) is 4.88 Å². The van der Waals surface area contributed by atoms with Crippen LogP contribution in [0.5, 0.6) is 11.5 Å². The van der Waals surface area contributed by atoms with Crippen molar-refractivity contribution in [2.24, 2.45) is 0 Å². The van der Waals surface area contributed by atoms with Crippen LogP contribution in [0.3, 0.4) is 0 Å². The molecule has 4 rings (SSSR count). The van der Waals surface area contributed by atoms with E-state index in [4.69, 9.17) is 9.47 Å². The second-order valence-electron chi connectivity index (χ2n) is 6.43. The molecule has 0 fully saturated rings. The Morgan fingerprint density at radius 3 is 2.73 bits per heavy atom. The number of carbonyl (C=O) groups is 2. The topological polar surface area (TPSA) is 76.7 Å². The minimum Gasteiger partial charge on any atom is -0.485 e. The van der Waals surface area contributed by atoms with Gasteiger partial charge in [-0.05, 0) is 49.4 Å². The van der Waals surface area contributed by atoms with Gasteiger partial charge < -0.3 is 9.47 Å². The number of carbonyl (C=O) groups excluding carboxylic acids is 2. The van der Waals surface area contributed by atoms with Gasteiger partial charge in [-0.2, -0.15) is 0 Å². The summed E-state index contributed by atoms with van der Waals surface area (Å²) in [7, 11) is 0. The maximum atomic E-state index is 12.3. The van der Waals surface area contributed by atoms with Gasteiger partial charge in [0.2, 0.25) is 6.10 Å². The van der Waals surface area contributed by atoms with Crippen LogP contribution >= 0.6 is 11.3 Å². The largest absolute Gasteiger partial charge is 0.485 e. The summed E-state index contributed by atoms with van der Waals surface area (Å²) in [6.45, 7) is 0.103. The number of benzene rings is 1. The normalized spacial score (nSPS) is 18.4. The van der Waals surface area contributed by atoms with Crippen LogP contribution in [0.1, 0.15) is 39.4 Å². The summed E-state index contributed by atoms with van der Waals surface area (Å²) in [6.07, 6.45) is 4.84. The number of ether oxygens (including phenoxy) is 2. The van der Waals surface area contributed by atoms with Crippen LogP contribution < -0.4 is 20.3 Å². The lowest BCUT2D eigenvalue weighted by molar-refractivity contribution is -0.131. The zero-order valence-corrected chi connectivity index (χ0v) is 15.1. The number of hydrogen-bond acceptors (Lipinski definition) is 5. The molecule has 2 heterocycles. The highest BCUT2D eigenvalue weighted by Crippen LogP contribution is 2.31. The Morgan fingerprint density at radius 1 is 1.04 bits per heavy atom. The van der Waals surface area contributed by atoms with Crippen LogP contribution in [0.2, 0.25) is 0 Å². The van der Waals surface area contributed by atoms with Crippen molar-refractivity contribution in [3.05, 3.63) is 45.6 Å². The number of amides is 2. The predicted octanol–water partition coefficient (Wildman–Crippen LogP) is 2.62. The Labute approximate surface area is 155 Å². The van der Waals surface area contributed by atoms with E-state index in [2.05, 4.69) is 10.9 Å². The Balaban J connectivity index is 1.34. The average Bonchev–Trinajstić information content (AvgIpc) is 2.96. The Hall–Kier alpha value is -2.54. The lowest BCUT2D eigenvalue weighted by Crippen LogP contribution is -2.50. The molecule has 0 bridgehead atoms. The van der Waals surface area contributed by atoms with Gasteiger partial charge in [-0.15, -0.1) is 11.3 Å². The van der Waals surface area contributed by atoms with Crippen molar-refractivity contribution in [2.45, 2.75) is 38.2 Å². The van der Waals surface area contributed by atoms with Gasteiger partial charge in [0.1, 0.15) is 6.61 Å². The fourth-order valence-electron chi connectivity index (χ4n) is 3.19. The molecule has 26 heavy (non-hydrogen) atoms. The minimum atomic E-state index is -0.801. The van der Waals surface area contributed by atoms with E-state index in [1.807, 2.05) is 18.2 Å². The molecular weight excluding hydrogens is 352 g/mol. The number of hydrazine groups is 1. The van der Waals surface area contributed by atoms with Crippen molar-refractivity contribution in [1.82, 2.24) is 10.9 Å². The summed E-state index contributed by atoms with van der Waals surface area (Å²) in [4.78, 5) is 26.5. The molecule has 1 aromatic heterocycles. The van der Waals surface area contributed by atoms with Gasteiger partial charge in [0, 0.05) is 4.88 Å². The monoisotopic (exact) mass is 372 g/mol. The molecule has 0 saturated carbocycles. The van der Waals surface area contributed by atoms with Crippen molar-refractivity contribution in [3.63, 3.8) is 0 Å². The number of thiophene rings is 1. The number of para-hydroxylation sites is 2. The first-order valence-electron chi connectivity index (χ1n) is 8.81. The van der Waals surface area contributed by atoms with Gasteiger partial charge >= 0.3 is 0 Å². The molecule has 7 heteroatoms. The summed E-state index contributed by atoms with van der Waals surface area (Å²) in [6, 6.07) is 9.12. The van der Waals surface area contributed by atoms with Crippen LogP contribution in [-0.4, -0.2) is 24.5 Å². The zero-order chi connectivity index (χ0) is 17.9. The summed E-state index contributed by atoms with van der Waals surface area (Å²) in [5.41, 5.74) is 6.19. The first kappa shape index (κ1) is 16.9. The van der Waals surface area contributed by atoms with E-state index in [9.17, 15) is 9.59 Å². The zero-order valence-electron chi connectivity index (χ0n) is 14.2. The Kier molecular flexibility index (Phi) is 4.79. The molecule has 0 unspecified atom stereocenters. The number of hydrogen-bond donors (Lipinski definition) is 2. The maximum Gasteiger partial charge on any atom is 0.283 e. The van der Waals surface area contributed by atoms with Crippen molar-refractivity contribution < 1.29 is 19.1 Å². The average molecular weight is 372 g/mol. The molecule has 6 nitrogen and oxygen atoms in total. The standard InChI is InChI=1S/C19H20N2O4S/c22-18(15-11-24-13-7-4-5-8-14(13)25-15)20-21-19(23)17-10-12-6-2-1-3-9-16(12)26-17/h4-5,7-8,10,15H,1-3,6,9,11H2,(H,20,22)(H,21,23)/t15-/m0/s1. The summed E-state index contributed by atoms with van der Waals surface area (Å²) >= 11 is 1.52. The second-order valence-corrected chi connectivity index (χ2v) is 7.56. The number of fused-ring (bicyclic) bond motifs is 2. The third-order valence-electron chi connectivity index (χ3n) is 4.57. The van der Waals surface area contributed by atoms with E-state index in [0.717, 1.165) is 12.8 Å². The molecule has 2 aliphatic rings. The molecule has 1 atom stereocenters. The molecule has 2 N–H and O–H groups in total. The SMILES string of the molecule is O=C(NNC(=O)[C@@H]1COc2ccccc2O1)c1cc2c(s1)CCCCC2. The molecule has 0 spiro atoms. The second kappa shape index (κ2) is 7.37. The molecule has 1 aromatic carbocycles. The lowest BCUT2D eigenvalue weighted by Gasteiger charge is -2.25. The fraction of sp³-hybridized carbons (Fsp3) is 0.368. The van der Waals surface area contributed by atoms with Gasteiger partial charge in [0.25, 0.3) is 11.8 Å². The molecular formula is C19H20N2O4S. The third kappa shape index (κ3) is 3.53. The summed E-state index contributed by atoms with van der Waals surface area (Å²) in [5, 5.41) is 0. The fourth-order valence-corrected chi connectivity index (χ4v) is 4.34. The smallest absolute Gasteiger partial charge is 0.283 e. The molecule has 136 valence electrons. The van der Waals surface area contributed by atoms with E-state index in [1.165, 1.54) is 41.0 Å². The van der Waals surface area contributed by atoms with Gasteiger partial charge in [-0.3, -0.25) is 20.4 Å². The van der Waals surface area contributed by atoms with Crippen LogP contribution in [0.25, 0.3) is 0 Å². The van der Waals surface area contributed by atoms with E-state index < -0.39 is 12.0 Å². The number of aryl methyl sites for hydroxylation is 2. The number of rotatable bonds is 2. The maximum absolute atomic E-state index is 12.3. The van der Waals surface area contributed by atoms with Gasteiger partial charge in [-0.25, -0.2) is 0 Å².